The summed E-state index contributed by atoms with van der Waals surface area (Å²) >= 11 is 0. The van der Waals surface area contributed by atoms with E-state index in [1.165, 1.54) is 32.1 Å². The van der Waals surface area contributed by atoms with Gasteiger partial charge in [-0.15, -0.1) is 0 Å². The van der Waals surface area contributed by atoms with Gasteiger partial charge < -0.3 is 9.88 Å². The van der Waals surface area contributed by atoms with Gasteiger partial charge in [-0.3, -0.25) is 0 Å². The molecule has 0 radical (unpaired) electrons. The first kappa shape index (κ1) is 12.2. The minimum Gasteiger partial charge on any atom is -0.337 e. The van der Waals surface area contributed by atoms with Crippen LogP contribution in [0.2, 0.25) is 0 Å². The Morgan fingerprint density at radius 1 is 1.27 bits per heavy atom. The summed E-state index contributed by atoms with van der Waals surface area (Å²) in [5.41, 5.74) is 1.13. The van der Waals surface area contributed by atoms with Gasteiger partial charge in [-0.1, -0.05) is 32.6 Å². The summed E-state index contributed by atoms with van der Waals surface area (Å²) in [6, 6.07) is 0. The van der Waals surface area contributed by atoms with Crippen molar-refractivity contribution in [1.29, 1.82) is 0 Å². The van der Waals surface area contributed by atoms with Gasteiger partial charge in [0.25, 0.3) is 0 Å². The zero-order chi connectivity index (χ0) is 10.9. The fraction of sp³-hybridized carbons (Fsp3) is 0.750. The van der Waals surface area contributed by atoms with Crippen LogP contribution >= 0.6 is 0 Å². The molecule has 0 aromatic carbocycles. The molecule has 0 fully saturated rings. The Bertz CT molecular complexity index is 255. The van der Waals surface area contributed by atoms with Crippen LogP contribution in [0.1, 0.15) is 44.7 Å². The molecule has 3 heteroatoms. The summed E-state index contributed by atoms with van der Waals surface area (Å²) in [6.45, 7) is 4.23. The van der Waals surface area contributed by atoms with Gasteiger partial charge in [0, 0.05) is 19.3 Å². The van der Waals surface area contributed by atoms with Crippen molar-refractivity contribution < 1.29 is 0 Å². The van der Waals surface area contributed by atoms with Crippen LogP contribution in [0, 0.1) is 0 Å². The standard InChI is InChI=1S/C12H23N3/c1-3-4-5-6-7-8-15-10-12(9-13-2)14-11-15/h10-11,13H,3-9H2,1-2H3. The van der Waals surface area contributed by atoms with Gasteiger partial charge in [-0.25, -0.2) is 4.98 Å². The highest BCUT2D eigenvalue weighted by Crippen LogP contribution is 2.05. The second-order valence-electron chi connectivity index (χ2n) is 4.05. The molecule has 3 nitrogen and oxygen atoms in total. The van der Waals surface area contributed by atoms with E-state index < -0.39 is 0 Å². The van der Waals surface area contributed by atoms with Crippen molar-refractivity contribution in [3.8, 4) is 0 Å². The van der Waals surface area contributed by atoms with E-state index in [-0.39, 0.29) is 0 Å². The minimum absolute atomic E-state index is 0.864. The Hall–Kier alpha value is -0.830. The highest BCUT2D eigenvalue weighted by molar-refractivity contribution is 4.95. The number of unbranched alkanes of at least 4 members (excludes halogenated alkanes) is 4. The fourth-order valence-electron chi connectivity index (χ4n) is 1.70. The average molecular weight is 209 g/mol. The normalized spacial score (nSPS) is 10.8. The number of nitrogens with one attached hydrogen (secondary N) is 1. The molecule has 0 atom stereocenters. The first-order valence-corrected chi connectivity index (χ1v) is 6.02. The first-order valence-electron chi connectivity index (χ1n) is 6.02. The van der Waals surface area contributed by atoms with E-state index >= 15 is 0 Å². The topological polar surface area (TPSA) is 29.9 Å². The minimum atomic E-state index is 0.864. The van der Waals surface area contributed by atoms with Crippen molar-refractivity contribution in [3.05, 3.63) is 18.2 Å². The summed E-state index contributed by atoms with van der Waals surface area (Å²) in [5, 5.41) is 3.11. The molecule has 0 saturated carbocycles. The molecule has 0 spiro atoms. The SMILES string of the molecule is CCCCCCCn1cnc(CNC)c1. The average Bonchev–Trinajstić information content (AvgIpc) is 2.66. The molecular formula is C12H23N3. The van der Waals surface area contributed by atoms with E-state index in [9.17, 15) is 0 Å². The zero-order valence-electron chi connectivity index (χ0n) is 10.00. The second-order valence-corrected chi connectivity index (χ2v) is 4.05. The molecule has 0 aliphatic heterocycles. The van der Waals surface area contributed by atoms with Crippen LogP contribution in [0.25, 0.3) is 0 Å². The summed E-state index contributed by atoms with van der Waals surface area (Å²) in [6.07, 6.45) is 10.7. The third kappa shape index (κ3) is 4.98. The molecule has 0 amide bonds. The molecule has 86 valence electrons. The van der Waals surface area contributed by atoms with Crippen molar-refractivity contribution in [2.75, 3.05) is 7.05 Å². The van der Waals surface area contributed by atoms with Crippen molar-refractivity contribution in [1.82, 2.24) is 14.9 Å². The van der Waals surface area contributed by atoms with Crippen LogP contribution in [0.5, 0.6) is 0 Å². The lowest BCUT2D eigenvalue weighted by Gasteiger charge is -2.01. The van der Waals surface area contributed by atoms with E-state index in [1.807, 2.05) is 13.4 Å². The summed E-state index contributed by atoms with van der Waals surface area (Å²) < 4.78 is 2.19. The second kappa shape index (κ2) is 7.46. The van der Waals surface area contributed by atoms with Crippen LogP contribution in [0.15, 0.2) is 12.5 Å². The van der Waals surface area contributed by atoms with E-state index in [1.54, 1.807) is 0 Å². The third-order valence-electron chi connectivity index (χ3n) is 2.56. The van der Waals surface area contributed by atoms with Crippen molar-refractivity contribution in [2.45, 2.75) is 52.1 Å². The molecule has 0 bridgehead atoms. The van der Waals surface area contributed by atoms with Crippen molar-refractivity contribution in [2.24, 2.45) is 0 Å². The van der Waals surface area contributed by atoms with Crippen LogP contribution in [-0.2, 0) is 13.1 Å². The number of aromatic nitrogens is 2. The maximum Gasteiger partial charge on any atom is 0.0949 e. The van der Waals surface area contributed by atoms with Crippen LogP contribution in [0.3, 0.4) is 0 Å². The van der Waals surface area contributed by atoms with Crippen LogP contribution in [0.4, 0.5) is 0 Å². The van der Waals surface area contributed by atoms with E-state index in [2.05, 4.69) is 28.0 Å². The van der Waals surface area contributed by atoms with Gasteiger partial charge in [0.2, 0.25) is 0 Å². The molecule has 0 aliphatic rings. The van der Waals surface area contributed by atoms with Crippen LogP contribution < -0.4 is 5.32 Å². The maximum atomic E-state index is 4.32. The Kier molecular flexibility index (Phi) is 6.09. The summed E-state index contributed by atoms with van der Waals surface area (Å²) in [7, 11) is 1.95. The van der Waals surface area contributed by atoms with Gasteiger partial charge in [0.15, 0.2) is 0 Å². The summed E-state index contributed by atoms with van der Waals surface area (Å²) in [5.74, 6) is 0. The monoisotopic (exact) mass is 209 g/mol. The predicted molar refractivity (Wildman–Crippen MR) is 63.7 cm³/mol. The number of imidazole rings is 1. The van der Waals surface area contributed by atoms with E-state index in [0.29, 0.717) is 0 Å². The van der Waals surface area contributed by atoms with Crippen LogP contribution in [-0.4, -0.2) is 16.6 Å². The highest BCUT2D eigenvalue weighted by Gasteiger charge is 1.96. The molecule has 0 unspecified atom stereocenters. The Morgan fingerprint density at radius 2 is 2.07 bits per heavy atom. The van der Waals surface area contributed by atoms with Gasteiger partial charge in [0.05, 0.1) is 12.0 Å². The van der Waals surface area contributed by atoms with Gasteiger partial charge in [-0.05, 0) is 13.5 Å². The molecule has 1 aromatic heterocycles. The molecular weight excluding hydrogens is 186 g/mol. The molecule has 0 saturated heterocycles. The molecule has 1 heterocycles. The number of hydrogen-bond acceptors (Lipinski definition) is 2. The Balaban J connectivity index is 2.14. The Labute approximate surface area is 92.9 Å². The zero-order valence-corrected chi connectivity index (χ0v) is 10.00. The molecule has 1 rings (SSSR count). The predicted octanol–water partition coefficient (Wildman–Crippen LogP) is 2.57. The number of hydrogen-bond donors (Lipinski definition) is 1. The number of nitrogens with zero attached hydrogens (tertiary/aromatic N) is 2. The molecule has 0 aliphatic carbocycles. The molecule has 1 aromatic rings. The van der Waals surface area contributed by atoms with E-state index in [0.717, 1.165) is 18.8 Å². The first-order chi connectivity index (χ1) is 7.36. The van der Waals surface area contributed by atoms with Crippen molar-refractivity contribution >= 4 is 0 Å². The number of rotatable bonds is 8. The smallest absolute Gasteiger partial charge is 0.0949 e. The lowest BCUT2D eigenvalue weighted by molar-refractivity contribution is 0.568. The van der Waals surface area contributed by atoms with Crippen molar-refractivity contribution in [3.63, 3.8) is 0 Å². The van der Waals surface area contributed by atoms with Gasteiger partial charge in [0.1, 0.15) is 0 Å². The van der Waals surface area contributed by atoms with E-state index in [4.69, 9.17) is 0 Å². The largest absolute Gasteiger partial charge is 0.337 e. The molecule has 1 N–H and O–H groups in total. The lowest BCUT2D eigenvalue weighted by Crippen LogP contribution is -2.05. The quantitative estimate of drug-likeness (QED) is 0.667. The summed E-state index contributed by atoms with van der Waals surface area (Å²) in [4.78, 5) is 4.32. The lowest BCUT2D eigenvalue weighted by atomic mass is 10.1. The fourth-order valence-corrected chi connectivity index (χ4v) is 1.70. The van der Waals surface area contributed by atoms with Gasteiger partial charge in [-0.2, -0.15) is 0 Å². The third-order valence-corrected chi connectivity index (χ3v) is 2.56. The Morgan fingerprint density at radius 3 is 2.80 bits per heavy atom. The number of aryl methyl sites for hydroxylation is 1. The highest BCUT2D eigenvalue weighted by atomic mass is 15.0. The maximum absolute atomic E-state index is 4.32. The van der Waals surface area contributed by atoms with Gasteiger partial charge >= 0.3 is 0 Å². The molecule has 15 heavy (non-hydrogen) atoms.